The van der Waals surface area contributed by atoms with Crippen molar-refractivity contribution in [3.05, 3.63) is 46.3 Å². The fourth-order valence-corrected chi connectivity index (χ4v) is 9.15. The number of amides is 2. The molecule has 0 aromatic rings. The van der Waals surface area contributed by atoms with Crippen molar-refractivity contribution in [2.45, 2.75) is 92.0 Å². The molecule has 6 nitrogen and oxygen atoms in total. The SMILES string of the molecule is CC1=C(O)C(=O)C=C2C1=CC=C1[C@@]2(C)CC[C@@]2(C)C3C[C@](C)(N(C)C(=O)C(N)=O)CC[C@]3(C)CC[C@]12C. The van der Waals surface area contributed by atoms with Crippen LogP contribution in [0, 0.1) is 27.6 Å². The van der Waals surface area contributed by atoms with Crippen molar-refractivity contribution in [2.24, 2.45) is 33.3 Å². The third kappa shape index (κ3) is 3.20. The van der Waals surface area contributed by atoms with Gasteiger partial charge in [-0.15, -0.1) is 0 Å². The number of allylic oxidation sites excluding steroid dienone is 7. The summed E-state index contributed by atoms with van der Waals surface area (Å²) >= 11 is 0. The number of aliphatic hydroxyl groups is 1. The lowest BCUT2D eigenvalue weighted by Gasteiger charge is -2.70. The highest BCUT2D eigenvalue weighted by Crippen LogP contribution is 2.75. The molecule has 1 unspecified atom stereocenters. The van der Waals surface area contributed by atoms with Crippen LogP contribution in [0.1, 0.15) is 86.5 Å². The first-order valence-electron chi connectivity index (χ1n) is 13.7. The highest BCUT2D eigenvalue weighted by Gasteiger charge is 2.67. The minimum atomic E-state index is -0.897. The van der Waals surface area contributed by atoms with Crippen LogP contribution in [0.3, 0.4) is 0 Å². The lowest BCUT2D eigenvalue weighted by atomic mass is 9.35. The standard InChI is InChI=1S/C31H42N2O4/c1-18-19-8-9-22-29(4,20(19)16-21(34)24(18)35)13-15-31(6)23-17-28(3,33(7)26(37)25(32)36)12-10-27(23,2)11-14-30(22,31)5/h8-9,16,23,35H,10-15,17H2,1-7H3,(H2,32,36)/t23?,27-,28-,29+,30-,31+/m1/s1. The molecular weight excluding hydrogens is 464 g/mol. The summed E-state index contributed by atoms with van der Waals surface area (Å²) in [4.78, 5) is 38.7. The number of hydrogen-bond donors (Lipinski definition) is 2. The zero-order valence-corrected chi connectivity index (χ0v) is 23.5. The van der Waals surface area contributed by atoms with Crippen molar-refractivity contribution in [3.8, 4) is 0 Å². The summed E-state index contributed by atoms with van der Waals surface area (Å²) in [7, 11) is 1.73. The van der Waals surface area contributed by atoms with Gasteiger partial charge in [0, 0.05) is 23.6 Å². The number of nitrogens with zero attached hydrogens (tertiary/aromatic N) is 1. The van der Waals surface area contributed by atoms with Crippen LogP contribution in [-0.2, 0) is 14.4 Å². The molecule has 3 saturated carbocycles. The van der Waals surface area contributed by atoms with Gasteiger partial charge in [0.2, 0.25) is 5.78 Å². The molecule has 6 atom stereocenters. The second-order valence-corrected chi connectivity index (χ2v) is 13.8. The van der Waals surface area contributed by atoms with E-state index in [-0.39, 0.29) is 33.2 Å². The van der Waals surface area contributed by atoms with Gasteiger partial charge in [-0.25, -0.2) is 0 Å². The number of rotatable bonds is 1. The molecule has 0 radical (unpaired) electrons. The smallest absolute Gasteiger partial charge is 0.311 e. The number of aliphatic hydroxyl groups excluding tert-OH is 1. The number of nitrogens with two attached hydrogens (primary N) is 1. The average Bonchev–Trinajstić information content (AvgIpc) is 2.84. The Bertz CT molecular complexity index is 1260. The molecule has 0 bridgehead atoms. The number of likely N-dealkylation sites (N-methyl/N-ethyl adjacent to an activating group) is 1. The van der Waals surface area contributed by atoms with E-state index in [1.54, 1.807) is 18.0 Å². The van der Waals surface area contributed by atoms with Crippen LogP contribution in [0.25, 0.3) is 0 Å². The van der Waals surface area contributed by atoms with Crippen LogP contribution in [-0.4, -0.2) is 40.2 Å². The normalized spacial score (nSPS) is 42.8. The molecule has 3 N–H and O–H groups in total. The zero-order valence-electron chi connectivity index (χ0n) is 23.5. The molecule has 5 rings (SSSR count). The summed E-state index contributed by atoms with van der Waals surface area (Å²) in [5, 5.41) is 10.3. The lowest BCUT2D eigenvalue weighted by Crippen LogP contribution is -2.64. The molecule has 0 aromatic heterocycles. The van der Waals surface area contributed by atoms with E-state index in [4.69, 9.17) is 5.73 Å². The first-order valence-corrected chi connectivity index (χ1v) is 13.7. The molecule has 5 aliphatic carbocycles. The topological polar surface area (TPSA) is 101 Å². The van der Waals surface area contributed by atoms with E-state index in [0.29, 0.717) is 11.5 Å². The number of fused-ring (bicyclic) bond motifs is 7. The van der Waals surface area contributed by atoms with Crippen LogP contribution >= 0.6 is 0 Å². The van der Waals surface area contributed by atoms with E-state index in [0.717, 1.165) is 56.1 Å². The summed E-state index contributed by atoms with van der Waals surface area (Å²) in [6.07, 6.45) is 12.9. The molecule has 200 valence electrons. The molecular formula is C31H42N2O4. The Morgan fingerprint density at radius 2 is 1.65 bits per heavy atom. The van der Waals surface area contributed by atoms with Gasteiger partial charge in [0.1, 0.15) is 0 Å². The molecule has 3 fully saturated rings. The molecule has 0 aromatic carbocycles. The van der Waals surface area contributed by atoms with E-state index in [1.165, 1.54) is 5.57 Å². The monoisotopic (exact) mass is 506 g/mol. The van der Waals surface area contributed by atoms with Crippen LogP contribution in [0.15, 0.2) is 46.3 Å². The fraction of sp³-hybridized carbons (Fsp3) is 0.645. The highest BCUT2D eigenvalue weighted by atomic mass is 16.3. The number of ketones is 1. The maximum atomic E-state index is 12.7. The Kier molecular flexibility index (Phi) is 5.41. The summed E-state index contributed by atoms with van der Waals surface area (Å²) in [6, 6.07) is 0. The Balaban J connectivity index is 1.59. The third-order valence-corrected chi connectivity index (χ3v) is 12.2. The number of carbonyl (C=O) groups excluding carboxylic acids is 3. The van der Waals surface area contributed by atoms with E-state index >= 15 is 0 Å². The van der Waals surface area contributed by atoms with Gasteiger partial charge < -0.3 is 15.7 Å². The summed E-state index contributed by atoms with van der Waals surface area (Å²) < 4.78 is 0. The molecule has 0 saturated heterocycles. The zero-order chi connectivity index (χ0) is 27.3. The highest BCUT2D eigenvalue weighted by molar-refractivity contribution is 6.34. The van der Waals surface area contributed by atoms with Crippen molar-refractivity contribution in [1.82, 2.24) is 4.90 Å². The van der Waals surface area contributed by atoms with Gasteiger partial charge in [-0.3, -0.25) is 14.4 Å². The molecule has 6 heteroatoms. The third-order valence-electron chi connectivity index (χ3n) is 12.2. The predicted octanol–water partition coefficient (Wildman–Crippen LogP) is 5.31. The summed E-state index contributed by atoms with van der Waals surface area (Å²) in [6.45, 7) is 13.5. The number of primary amides is 1. The summed E-state index contributed by atoms with van der Waals surface area (Å²) in [5.74, 6) is -1.59. The van der Waals surface area contributed by atoms with Gasteiger partial charge in [-0.2, -0.15) is 0 Å². The first-order chi connectivity index (χ1) is 17.0. The summed E-state index contributed by atoms with van der Waals surface area (Å²) in [5.41, 5.74) is 8.85. The molecule has 2 amide bonds. The second kappa shape index (κ2) is 7.70. The predicted molar refractivity (Wildman–Crippen MR) is 143 cm³/mol. The van der Waals surface area contributed by atoms with E-state index in [9.17, 15) is 19.5 Å². The van der Waals surface area contributed by atoms with Crippen LogP contribution in [0.5, 0.6) is 0 Å². The van der Waals surface area contributed by atoms with Gasteiger partial charge in [-0.1, -0.05) is 45.4 Å². The minimum absolute atomic E-state index is 0.0127. The van der Waals surface area contributed by atoms with E-state index in [2.05, 4.69) is 46.8 Å². The number of carbonyl (C=O) groups is 3. The van der Waals surface area contributed by atoms with Crippen LogP contribution in [0.2, 0.25) is 0 Å². The molecule has 5 aliphatic rings. The maximum absolute atomic E-state index is 12.7. The fourth-order valence-electron chi connectivity index (χ4n) is 9.15. The first kappa shape index (κ1) is 26.0. The Hall–Kier alpha value is -2.63. The van der Waals surface area contributed by atoms with E-state index < -0.39 is 17.4 Å². The quantitative estimate of drug-likeness (QED) is 0.471. The second-order valence-electron chi connectivity index (χ2n) is 13.8. The van der Waals surface area contributed by atoms with Gasteiger partial charge >= 0.3 is 11.8 Å². The van der Waals surface area contributed by atoms with E-state index in [1.807, 2.05) is 6.92 Å². The van der Waals surface area contributed by atoms with Gasteiger partial charge in [0.05, 0.1) is 0 Å². The molecule has 37 heavy (non-hydrogen) atoms. The minimum Gasteiger partial charge on any atom is -0.504 e. The Morgan fingerprint density at radius 1 is 1.00 bits per heavy atom. The molecule has 0 aliphatic heterocycles. The van der Waals surface area contributed by atoms with Crippen molar-refractivity contribution in [1.29, 1.82) is 0 Å². The molecule has 0 heterocycles. The van der Waals surface area contributed by atoms with Crippen LogP contribution in [0.4, 0.5) is 0 Å². The van der Waals surface area contributed by atoms with Crippen molar-refractivity contribution in [2.75, 3.05) is 7.05 Å². The largest absolute Gasteiger partial charge is 0.504 e. The Morgan fingerprint density at radius 3 is 2.30 bits per heavy atom. The van der Waals surface area contributed by atoms with Crippen molar-refractivity contribution >= 4 is 17.6 Å². The van der Waals surface area contributed by atoms with Crippen LogP contribution < -0.4 is 5.73 Å². The van der Waals surface area contributed by atoms with Crippen molar-refractivity contribution in [3.63, 3.8) is 0 Å². The van der Waals surface area contributed by atoms with Crippen molar-refractivity contribution < 1.29 is 19.5 Å². The molecule has 0 spiro atoms. The maximum Gasteiger partial charge on any atom is 0.311 e. The lowest BCUT2D eigenvalue weighted by molar-refractivity contribution is -0.171. The number of hydrogen-bond acceptors (Lipinski definition) is 4. The van der Waals surface area contributed by atoms with Gasteiger partial charge in [0.15, 0.2) is 5.76 Å². The van der Waals surface area contributed by atoms with Gasteiger partial charge in [-0.05, 0) is 98.2 Å². The average molecular weight is 507 g/mol. The van der Waals surface area contributed by atoms with Gasteiger partial charge in [0.25, 0.3) is 0 Å². The Labute approximate surface area is 220 Å².